The first-order valence-corrected chi connectivity index (χ1v) is 5.94. The lowest BCUT2D eigenvalue weighted by molar-refractivity contribution is -0.135. The summed E-state index contributed by atoms with van der Waals surface area (Å²) in [4.78, 5) is 23.8. The first kappa shape index (κ1) is 15.3. The van der Waals surface area contributed by atoms with Crippen LogP contribution in [0, 0.1) is 0 Å². The van der Waals surface area contributed by atoms with Gasteiger partial charge in [0.05, 0.1) is 6.61 Å². The molecule has 0 radical (unpaired) electrons. The molecule has 104 valence electrons. The molecule has 0 heterocycles. The Labute approximate surface area is 115 Å². The highest BCUT2D eigenvalue weighted by Crippen LogP contribution is 2.17. The lowest BCUT2D eigenvalue weighted by Crippen LogP contribution is -2.44. The van der Waals surface area contributed by atoms with E-state index in [0.717, 1.165) is 4.90 Å². The number of hydrogen-bond acceptors (Lipinski definition) is 3. The van der Waals surface area contributed by atoms with E-state index in [1.807, 2.05) is 0 Å². The minimum Gasteiger partial charge on any atom is -0.480 e. The lowest BCUT2D eigenvalue weighted by Gasteiger charge is -2.21. The number of nitrogens with one attached hydrogen (secondary N) is 1. The summed E-state index contributed by atoms with van der Waals surface area (Å²) in [5.74, 6) is -1.10. The van der Waals surface area contributed by atoms with Gasteiger partial charge in [-0.2, -0.15) is 0 Å². The number of anilines is 1. The van der Waals surface area contributed by atoms with Crippen LogP contribution in [0.2, 0.25) is 5.02 Å². The quantitative estimate of drug-likeness (QED) is 0.778. The van der Waals surface area contributed by atoms with Crippen molar-refractivity contribution >= 4 is 29.3 Å². The summed E-state index contributed by atoms with van der Waals surface area (Å²) >= 11 is 5.75. The maximum atomic E-state index is 11.9. The van der Waals surface area contributed by atoms with Gasteiger partial charge in [0.25, 0.3) is 0 Å². The van der Waals surface area contributed by atoms with Gasteiger partial charge in [-0.15, -0.1) is 0 Å². The van der Waals surface area contributed by atoms with Crippen molar-refractivity contribution in [2.75, 3.05) is 31.7 Å². The van der Waals surface area contributed by atoms with Crippen LogP contribution in [-0.2, 0) is 9.53 Å². The minimum absolute atomic E-state index is 0.305. The number of aliphatic carboxylic acids is 1. The van der Waals surface area contributed by atoms with Crippen LogP contribution in [0.5, 0.6) is 0 Å². The second-order valence-electron chi connectivity index (χ2n) is 3.68. The fourth-order valence-electron chi connectivity index (χ4n) is 1.39. The van der Waals surface area contributed by atoms with E-state index in [1.54, 1.807) is 24.3 Å². The fraction of sp³-hybridized carbons (Fsp3) is 0.333. The Morgan fingerprint density at radius 1 is 1.37 bits per heavy atom. The maximum absolute atomic E-state index is 11.9. The Balaban J connectivity index is 2.79. The number of methoxy groups -OCH3 is 1. The summed E-state index contributed by atoms with van der Waals surface area (Å²) in [7, 11) is 1.51. The molecule has 1 aromatic rings. The topological polar surface area (TPSA) is 78.9 Å². The number of carbonyl (C=O) groups is 2. The van der Waals surface area contributed by atoms with E-state index in [2.05, 4.69) is 5.32 Å². The summed E-state index contributed by atoms with van der Waals surface area (Å²) in [6, 6.07) is 5.85. The van der Waals surface area contributed by atoms with Crippen LogP contribution in [0.4, 0.5) is 10.5 Å². The molecule has 0 saturated heterocycles. The molecule has 19 heavy (non-hydrogen) atoms. The van der Waals surface area contributed by atoms with E-state index in [9.17, 15) is 9.59 Å². The number of ether oxygens (including phenoxy) is 1. The van der Waals surface area contributed by atoms with Crippen molar-refractivity contribution < 1.29 is 19.4 Å². The predicted octanol–water partition coefficient (Wildman–Crippen LogP) is 1.59. The molecule has 7 heteroatoms. The molecular weight excluding hydrogens is 272 g/mol. The molecule has 0 unspecified atom stereocenters. The number of carboxylic acids is 1. The average Bonchev–Trinajstić information content (AvgIpc) is 2.37. The number of urea groups is 1. The fourth-order valence-corrected chi connectivity index (χ4v) is 1.52. The molecule has 0 atom stereocenters. The number of carbonyl (C=O) groups excluding carboxylic acids is 1. The molecule has 0 bridgehead atoms. The first-order valence-electron chi connectivity index (χ1n) is 5.56. The summed E-state index contributed by atoms with van der Waals surface area (Å²) in [5.41, 5.74) is 0.460. The third kappa shape index (κ3) is 5.15. The number of carboxylic acid groups (broad SMARTS) is 1. The molecule has 2 N–H and O–H groups in total. The molecule has 0 aliphatic rings. The van der Waals surface area contributed by atoms with Crippen molar-refractivity contribution in [3.8, 4) is 0 Å². The highest BCUT2D eigenvalue weighted by molar-refractivity contribution is 6.30. The number of nitrogens with zero attached hydrogens (tertiary/aromatic N) is 1. The van der Waals surface area contributed by atoms with Crippen molar-refractivity contribution in [2.24, 2.45) is 0 Å². The molecule has 1 aromatic carbocycles. The Bertz CT molecular complexity index is 436. The zero-order valence-electron chi connectivity index (χ0n) is 10.4. The van der Waals surface area contributed by atoms with Crippen LogP contribution >= 0.6 is 11.6 Å². The van der Waals surface area contributed by atoms with Gasteiger partial charge >= 0.3 is 12.0 Å². The molecular formula is C12H15ClN2O4. The SMILES string of the molecule is COCCNC(=O)N(CC(=O)O)c1ccc(Cl)cc1. The highest BCUT2D eigenvalue weighted by Gasteiger charge is 2.18. The van der Waals surface area contributed by atoms with E-state index < -0.39 is 18.5 Å². The second kappa shape index (κ2) is 7.60. The van der Waals surface area contributed by atoms with Crippen LogP contribution in [0.1, 0.15) is 0 Å². The smallest absolute Gasteiger partial charge is 0.323 e. The van der Waals surface area contributed by atoms with Crippen LogP contribution < -0.4 is 10.2 Å². The van der Waals surface area contributed by atoms with Crippen LogP contribution in [0.3, 0.4) is 0 Å². The Morgan fingerprint density at radius 3 is 2.53 bits per heavy atom. The van der Waals surface area contributed by atoms with E-state index >= 15 is 0 Å². The van der Waals surface area contributed by atoms with Gasteiger partial charge in [0.15, 0.2) is 0 Å². The van der Waals surface area contributed by atoms with E-state index in [1.165, 1.54) is 7.11 Å². The van der Waals surface area contributed by atoms with Gasteiger partial charge in [-0.3, -0.25) is 9.69 Å². The number of hydrogen-bond donors (Lipinski definition) is 2. The van der Waals surface area contributed by atoms with Crippen molar-refractivity contribution in [2.45, 2.75) is 0 Å². The minimum atomic E-state index is -1.10. The molecule has 0 saturated carbocycles. The van der Waals surface area contributed by atoms with Crippen molar-refractivity contribution in [1.29, 1.82) is 0 Å². The molecule has 0 aliphatic carbocycles. The van der Waals surface area contributed by atoms with E-state index in [4.69, 9.17) is 21.4 Å². The Hall–Kier alpha value is -1.79. The van der Waals surface area contributed by atoms with Gasteiger partial charge in [-0.1, -0.05) is 11.6 Å². The van der Waals surface area contributed by atoms with Gasteiger partial charge in [0.2, 0.25) is 0 Å². The summed E-state index contributed by atoms with van der Waals surface area (Å²) in [5, 5.41) is 11.9. The zero-order valence-corrected chi connectivity index (χ0v) is 11.2. The Kier molecular flexibility index (Phi) is 6.11. The van der Waals surface area contributed by atoms with Crippen molar-refractivity contribution in [3.63, 3.8) is 0 Å². The lowest BCUT2D eigenvalue weighted by atomic mass is 10.3. The normalized spacial score (nSPS) is 10.0. The van der Waals surface area contributed by atoms with E-state index in [0.29, 0.717) is 23.9 Å². The third-order valence-electron chi connectivity index (χ3n) is 2.26. The monoisotopic (exact) mass is 286 g/mol. The first-order chi connectivity index (χ1) is 9.04. The van der Waals surface area contributed by atoms with Gasteiger partial charge in [0.1, 0.15) is 6.54 Å². The number of benzene rings is 1. The number of amides is 2. The summed E-state index contributed by atoms with van der Waals surface area (Å²) in [6.07, 6.45) is 0. The van der Waals surface area contributed by atoms with Crippen LogP contribution in [0.15, 0.2) is 24.3 Å². The van der Waals surface area contributed by atoms with Crippen LogP contribution in [0.25, 0.3) is 0 Å². The van der Waals surface area contributed by atoms with Crippen molar-refractivity contribution in [3.05, 3.63) is 29.3 Å². The standard InChI is InChI=1S/C12H15ClN2O4/c1-19-7-6-14-12(18)15(8-11(16)17)10-4-2-9(13)3-5-10/h2-5H,6-8H2,1H3,(H,14,18)(H,16,17). The van der Waals surface area contributed by atoms with Crippen molar-refractivity contribution in [1.82, 2.24) is 5.32 Å². The van der Waals surface area contributed by atoms with Crippen LogP contribution in [-0.4, -0.2) is 43.9 Å². The number of halogens is 1. The zero-order chi connectivity index (χ0) is 14.3. The van der Waals surface area contributed by atoms with E-state index in [-0.39, 0.29) is 0 Å². The highest BCUT2D eigenvalue weighted by atomic mass is 35.5. The molecule has 0 aliphatic heterocycles. The summed E-state index contributed by atoms with van der Waals surface area (Å²) < 4.78 is 4.81. The molecule has 2 amide bonds. The Morgan fingerprint density at radius 2 is 2.00 bits per heavy atom. The molecule has 1 rings (SSSR count). The third-order valence-corrected chi connectivity index (χ3v) is 2.51. The van der Waals surface area contributed by atoms with Gasteiger partial charge in [-0.25, -0.2) is 4.79 Å². The molecule has 0 aromatic heterocycles. The average molecular weight is 287 g/mol. The van der Waals surface area contributed by atoms with Gasteiger partial charge in [0, 0.05) is 24.4 Å². The van der Waals surface area contributed by atoms with Gasteiger partial charge < -0.3 is 15.2 Å². The summed E-state index contributed by atoms with van der Waals surface area (Å²) in [6.45, 7) is 0.229. The van der Waals surface area contributed by atoms with Gasteiger partial charge in [-0.05, 0) is 24.3 Å². The molecule has 0 spiro atoms. The molecule has 6 nitrogen and oxygen atoms in total. The second-order valence-corrected chi connectivity index (χ2v) is 4.12. The maximum Gasteiger partial charge on any atom is 0.323 e. The molecule has 0 fully saturated rings. The largest absolute Gasteiger partial charge is 0.480 e. The predicted molar refractivity (Wildman–Crippen MR) is 71.7 cm³/mol. The number of rotatable bonds is 6.